The van der Waals surface area contributed by atoms with Gasteiger partial charge in [-0.1, -0.05) is 25.5 Å². The maximum atomic E-state index is 11.7. The fraction of sp³-hybridized carbons (Fsp3) is 0.667. The third-order valence-electron chi connectivity index (χ3n) is 3.32. The van der Waals surface area contributed by atoms with Gasteiger partial charge in [-0.15, -0.1) is 0 Å². The molecule has 16 heavy (non-hydrogen) atoms. The van der Waals surface area contributed by atoms with Crippen molar-refractivity contribution in [3.8, 4) is 0 Å². The van der Waals surface area contributed by atoms with Gasteiger partial charge in [-0.05, 0) is 31.3 Å². The van der Waals surface area contributed by atoms with Crippen molar-refractivity contribution in [2.45, 2.75) is 33.1 Å². The van der Waals surface area contributed by atoms with Crippen molar-refractivity contribution >= 4 is 10.0 Å². The summed E-state index contributed by atoms with van der Waals surface area (Å²) < 4.78 is 25.1. The number of rotatable bonds is 2. The van der Waals surface area contributed by atoms with Crippen molar-refractivity contribution < 1.29 is 8.42 Å². The maximum absolute atomic E-state index is 11.7. The summed E-state index contributed by atoms with van der Waals surface area (Å²) >= 11 is 0. The van der Waals surface area contributed by atoms with E-state index in [2.05, 4.69) is 19.9 Å². The van der Waals surface area contributed by atoms with Gasteiger partial charge in [-0.25, -0.2) is 8.42 Å². The third kappa shape index (κ3) is 2.17. The van der Waals surface area contributed by atoms with Crippen LogP contribution in [0.1, 0.15) is 33.1 Å². The van der Waals surface area contributed by atoms with E-state index in [-0.39, 0.29) is 0 Å². The Balaban J connectivity index is 2.19. The molecule has 1 heterocycles. The summed E-state index contributed by atoms with van der Waals surface area (Å²) in [6, 6.07) is 0. The molecular formula is C12H19NO2S. The summed E-state index contributed by atoms with van der Waals surface area (Å²) in [7, 11) is -2.99. The molecule has 0 atom stereocenters. The van der Waals surface area contributed by atoms with Gasteiger partial charge in [0, 0.05) is 12.2 Å². The highest BCUT2D eigenvalue weighted by atomic mass is 32.2. The highest BCUT2D eigenvalue weighted by Gasteiger charge is 2.30. The smallest absolute Gasteiger partial charge is 0.234 e. The molecular weight excluding hydrogens is 222 g/mol. The molecule has 1 aliphatic carbocycles. The zero-order chi connectivity index (χ0) is 11.8. The molecule has 0 spiro atoms. The number of nitrogens with zero attached hydrogens (tertiary/aromatic N) is 1. The molecule has 0 bridgehead atoms. The Morgan fingerprint density at radius 2 is 2.00 bits per heavy atom. The Labute approximate surface area is 97.9 Å². The Morgan fingerprint density at radius 3 is 2.44 bits per heavy atom. The van der Waals surface area contributed by atoms with E-state index in [0.29, 0.717) is 18.2 Å². The Morgan fingerprint density at radius 1 is 1.25 bits per heavy atom. The van der Waals surface area contributed by atoms with Gasteiger partial charge in [0.05, 0.1) is 5.75 Å². The second kappa shape index (κ2) is 4.24. The van der Waals surface area contributed by atoms with Gasteiger partial charge in [0.25, 0.3) is 0 Å². The average molecular weight is 241 g/mol. The van der Waals surface area contributed by atoms with Crippen molar-refractivity contribution in [1.82, 2.24) is 4.31 Å². The molecule has 0 saturated carbocycles. The molecule has 0 unspecified atom stereocenters. The van der Waals surface area contributed by atoms with Crippen LogP contribution in [0.25, 0.3) is 0 Å². The van der Waals surface area contributed by atoms with Crippen LogP contribution in [0.4, 0.5) is 0 Å². The highest BCUT2D eigenvalue weighted by molar-refractivity contribution is 7.89. The highest BCUT2D eigenvalue weighted by Crippen LogP contribution is 2.29. The van der Waals surface area contributed by atoms with Crippen LogP contribution in [0.3, 0.4) is 0 Å². The zero-order valence-electron chi connectivity index (χ0n) is 9.94. The lowest BCUT2D eigenvalue weighted by Gasteiger charge is -2.24. The summed E-state index contributed by atoms with van der Waals surface area (Å²) in [6.07, 6.45) is 6.71. The van der Waals surface area contributed by atoms with Crippen LogP contribution in [-0.2, 0) is 10.0 Å². The largest absolute Gasteiger partial charge is 0.274 e. The molecule has 4 heteroatoms. The first kappa shape index (κ1) is 11.7. The monoisotopic (exact) mass is 241 g/mol. The van der Waals surface area contributed by atoms with Crippen molar-refractivity contribution in [3.05, 3.63) is 23.4 Å². The minimum atomic E-state index is -2.99. The second-order valence-electron chi connectivity index (χ2n) is 4.80. The summed E-state index contributed by atoms with van der Waals surface area (Å²) in [4.78, 5) is 0. The third-order valence-corrected chi connectivity index (χ3v) is 5.21. The first-order valence-electron chi connectivity index (χ1n) is 5.91. The van der Waals surface area contributed by atoms with E-state index in [9.17, 15) is 8.42 Å². The van der Waals surface area contributed by atoms with Crippen molar-refractivity contribution in [2.75, 3.05) is 12.3 Å². The second-order valence-corrected chi connectivity index (χ2v) is 6.81. The lowest BCUT2D eigenvalue weighted by atomic mass is 9.93. The normalized spacial score (nSPS) is 24.6. The minimum Gasteiger partial charge on any atom is -0.274 e. The topological polar surface area (TPSA) is 37.4 Å². The summed E-state index contributed by atoms with van der Waals surface area (Å²) in [5, 5.41) is 0. The van der Waals surface area contributed by atoms with Gasteiger partial charge in [0.1, 0.15) is 0 Å². The van der Waals surface area contributed by atoms with Gasteiger partial charge in [-0.3, -0.25) is 4.31 Å². The van der Waals surface area contributed by atoms with E-state index in [4.69, 9.17) is 0 Å². The van der Waals surface area contributed by atoms with Crippen molar-refractivity contribution in [3.63, 3.8) is 0 Å². The van der Waals surface area contributed by atoms with Crippen LogP contribution in [0.5, 0.6) is 0 Å². The van der Waals surface area contributed by atoms with Crippen LogP contribution in [0.2, 0.25) is 0 Å². The van der Waals surface area contributed by atoms with Crippen LogP contribution in [0, 0.1) is 5.92 Å². The zero-order valence-corrected chi connectivity index (χ0v) is 10.8. The summed E-state index contributed by atoms with van der Waals surface area (Å²) in [6.45, 7) is 5.02. The van der Waals surface area contributed by atoms with Gasteiger partial charge in [0.15, 0.2) is 0 Å². The van der Waals surface area contributed by atoms with Gasteiger partial charge in [-0.2, -0.15) is 0 Å². The van der Waals surface area contributed by atoms with Crippen LogP contribution < -0.4 is 0 Å². The molecule has 1 fully saturated rings. The molecule has 0 aromatic rings. The van der Waals surface area contributed by atoms with E-state index >= 15 is 0 Å². The predicted octanol–water partition coefficient (Wildman–Crippen LogP) is 2.28. The lowest BCUT2D eigenvalue weighted by molar-refractivity contribution is 0.491. The Hall–Kier alpha value is -0.770. The number of sulfonamides is 1. The molecule has 0 N–H and O–H groups in total. The molecule has 0 aromatic heterocycles. The fourth-order valence-corrected chi connectivity index (χ4v) is 3.92. The molecule has 0 aromatic carbocycles. The molecule has 1 aliphatic heterocycles. The van der Waals surface area contributed by atoms with Gasteiger partial charge >= 0.3 is 0 Å². The fourth-order valence-electron chi connectivity index (χ4n) is 2.29. The minimum absolute atomic E-state index is 0.311. The van der Waals surface area contributed by atoms with E-state index in [1.54, 1.807) is 4.31 Å². The van der Waals surface area contributed by atoms with Crippen LogP contribution in [-0.4, -0.2) is 25.0 Å². The SMILES string of the molecule is CC(C)C1=CC=C(N2CCCS2(=O)=O)CC1. The lowest BCUT2D eigenvalue weighted by Crippen LogP contribution is -2.26. The van der Waals surface area contributed by atoms with E-state index in [1.807, 2.05) is 6.08 Å². The quantitative estimate of drug-likeness (QED) is 0.744. The number of hydrogen-bond acceptors (Lipinski definition) is 2. The first-order valence-corrected chi connectivity index (χ1v) is 7.51. The Bertz CT molecular complexity index is 432. The molecule has 0 radical (unpaired) electrons. The molecule has 0 amide bonds. The van der Waals surface area contributed by atoms with Gasteiger partial charge < -0.3 is 0 Å². The first-order chi connectivity index (χ1) is 7.50. The van der Waals surface area contributed by atoms with Crippen LogP contribution >= 0.6 is 0 Å². The molecule has 2 rings (SSSR count). The number of allylic oxidation sites excluding steroid dienone is 4. The molecule has 2 aliphatic rings. The maximum Gasteiger partial charge on any atom is 0.234 e. The van der Waals surface area contributed by atoms with Gasteiger partial charge in [0.2, 0.25) is 10.0 Å². The summed E-state index contributed by atoms with van der Waals surface area (Å²) in [5.41, 5.74) is 2.39. The Kier molecular flexibility index (Phi) is 3.10. The van der Waals surface area contributed by atoms with E-state index in [0.717, 1.165) is 25.0 Å². The number of hydrogen-bond donors (Lipinski definition) is 0. The molecule has 3 nitrogen and oxygen atoms in total. The molecule has 90 valence electrons. The average Bonchev–Trinajstić information content (AvgIpc) is 2.58. The van der Waals surface area contributed by atoms with E-state index < -0.39 is 10.0 Å². The predicted molar refractivity (Wildman–Crippen MR) is 65.3 cm³/mol. The standard InChI is InChI=1S/C12H19NO2S/c1-10(2)11-4-6-12(7-5-11)13-8-3-9-16(13,14)15/h4,6,10H,3,5,7-9H2,1-2H3. The summed E-state index contributed by atoms with van der Waals surface area (Å²) in [5.74, 6) is 0.874. The van der Waals surface area contributed by atoms with Crippen molar-refractivity contribution in [1.29, 1.82) is 0 Å². The van der Waals surface area contributed by atoms with Crippen LogP contribution in [0.15, 0.2) is 23.4 Å². The van der Waals surface area contributed by atoms with E-state index in [1.165, 1.54) is 5.57 Å². The van der Waals surface area contributed by atoms with Crippen molar-refractivity contribution in [2.24, 2.45) is 5.92 Å². The molecule has 1 saturated heterocycles.